The minimum atomic E-state index is 0.444. The number of hydrogen-bond acceptors (Lipinski definition) is 3. The molecule has 0 bridgehead atoms. The Labute approximate surface area is 107 Å². The maximum atomic E-state index is 9.94. The number of phenolic OH excluding ortho intramolecular Hbond substituents is 1. The fourth-order valence-electron chi connectivity index (χ4n) is 1.67. The number of aryl methyl sites for hydroxylation is 1. The lowest BCUT2D eigenvalue weighted by molar-refractivity contribution is 0.448. The van der Waals surface area contributed by atoms with Crippen LogP contribution >= 0.6 is 23.5 Å². The second kappa shape index (κ2) is 7.13. The van der Waals surface area contributed by atoms with Crippen molar-refractivity contribution in [2.45, 2.75) is 42.4 Å². The Morgan fingerprint density at radius 2 is 1.62 bits per heavy atom. The average Bonchev–Trinajstić information content (AvgIpc) is 2.31. The Balaban J connectivity index is 2.84. The van der Waals surface area contributed by atoms with Crippen LogP contribution in [-0.4, -0.2) is 17.6 Å². The molecular weight excluding hydrogens is 236 g/mol. The first kappa shape index (κ1) is 13.8. The Morgan fingerprint density at radius 1 is 1.06 bits per heavy atom. The zero-order valence-electron chi connectivity index (χ0n) is 10.2. The number of rotatable bonds is 6. The van der Waals surface area contributed by atoms with Gasteiger partial charge in [0.1, 0.15) is 5.75 Å². The van der Waals surface area contributed by atoms with Crippen molar-refractivity contribution in [3.05, 3.63) is 17.7 Å². The molecule has 90 valence electrons. The molecule has 0 saturated carbocycles. The van der Waals surface area contributed by atoms with Gasteiger partial charge in [-0.05, 0) is 43.0 Å². The average molecular weight is 256 g/mol. The van der Waals surface area contributed by atoms with Crippen LogP contribution in [0.1, 0.15) is 31.7 Å². The molecule has 0 amide bonds. The smallest absolute Gasteiger partial charge is 0.142 e. The third-order valence-electron chi connectivity index (χ3n) is 2.61. The number of phenols is 1. The van der Waals surface area contributed by atoms with E-state index in [1.807, 2.05) is 12.5 Å². The van der Waals surface area contributed by atoms with Gasteiger partial charge in [0.25, 0.3) is 0 Å². The lowest BCUT2D eigenvalue weighted by atomic mass is 10.1. The van der Waals surface area contributed by atoms with E-state index in [1.54, 1.807) is 23.5 Å². The minimum Gasteiger partial charge on any atom is -0.506 e. The SMILES string of the molecule is CCCCCc1cc(SC)c(O)c(SC)c1. The third-order valence-corrected chi connectivity index (χ3v) is 4.11. The van der Waals surface area contributed by atoms with Gasteiger partial charge in [-0.15, -0.1) is 23.5 Å². The van der Waals surface area contributed by atoms with E-state index in [2.05, 4.69) is 19.1 Å². The quantitative estimate of drug-likeness (QED) is 0.595. The van der Waals surface area contributed by atoms with Crippen LogP contribution in [0.4, 0.5) is 0 Å². The van der Waals surface area contributed by atoms with Gasteiger partial charge in [0.05, 0.1) is 9.79 Å². The first-order valence-corrected chi connectivity index (χ1v) is 8.11. The molecule has 0 aliphatic heterocycles. The lowest BCUT2D eigenvalue weighted by Gasteiger charge is -2.10. The second-order valence-corrected chi connectivity index (χ2v) is 5.50. The Bertz CT molecular complexity index is 312. The number of thioether (sulfide) groups is 2. The predicted octanol–water partition coefficient (Wildman–Crippen LogP) is 4.57. The highest BCUT2D eigenvalue weighted by molar-refractivity contribution is 7.99. The summed E-state index contributed by atoms with van der Waals surface area (Å²) in [7, 11) is 0. The molecule has 1 aromatic rings. The van der Waals surface area contributed by atoms with E-state index in [1.165, 1.54) is 24.8 Å². The molecule has 0 heterocycles. The number of aromatic hydroxyl groups is 1. The summed E-state index contributed by atoms with van der Waals surface area (Å²) in [5.74, 6) is 0.444. The first-order chi connectivity index (χ1) is 7.72. The van der Waals surface area contributed by atoms with Crippen LogP contribution in [0.2, 0.25) is 0 Å². The van der Waals surface area contributed by atoms with Gasteiger partial charge in [-0.3, -0.25) is 0 Å². The molecule has 0 fully saturated rings. The summed E-state index contributed by atoms with van der Waals surface area (Å²) in [4.78, 5) is 2.00. The number of unbranched alkanes of at least 4 members (excludes halogenated alkanes) is 2. The van der Waals surface area contributed by atoms with E-state index >= 15 is 0 Å². The van der Waals surface area contributed by atoms with Gasteiger partial charge in [0, 0.05) is 0 Å². The molecule has 3 heteroatoms. The summed E-state index contributed by atoms with van der Waals surface area (Å²) in [6.07, 6.45) is 8.91. The molecule has 0 atom stereocenters. The van der Waals surface area contributed by atoms with E-state index in [-0.39, 0.29) is 0 Å². The monoisotopic (exact) mass is 256 g/mol. The van der Waals surface area contributed by atoms with Crippen LogP contribution < -0.4 is 0 Å². The highest BCUT2D eigenvalue weighted by Crippen LogP contribution is 2.36. The molecule has 16 heavy (non-hydrogen) atoms. The molecular formula is C13H20OS2. The predicted molar refractivity (Wildman–Crippen MR) is 74.9 cm³/mol. The minimum absolute atomic E-state index is 0.444. The Kier molecular flexibility index (Phi) is 6.14. The summed E-state index contributed by atoms with van der Waals surface area (Å²) < 4.78 is 0. The fourth-order valence-corrected chi connectivity index (χ4v) is 2.88. The van der Waals surface area contributed by atoms with E-state index in [0.717, 1.165) is 16.2 Å². The molecule has 0 unspecified atom stereocenters. The third kappa shape index (κ3) is 3.63. The lowest BCUT2D eigenvalue weighted by Crippen LogP contribution is -1.88. The van der Waals surface area contributed by atoms with Crippen LogP contribution in [0.5, 0.6) is 5.75 Å². The zero-order valence-corrected chi connectivity index (χ0v) is 11.9. The molecule has 0 aliphatic carbocycles. The second-order valence-electron chi connectivity index (χ2n) is 3.81. The molecule has 1 N–H and O–H groups in total. The molecule has 1 nitrogen and oxygen atoms in total. The van der Waals surface area contributed by atoms with Gasteiger partial charge in [-0.2, -0.15) is 0 Å². The summed E-state index contributed by atoms with van der Waals surface area (Å²) in [5.41, 5.74) is 1.35. The van der Waals surface area contributed by atoms with Crippen LogP contribution in [-0.2, 0) is 6.42 Å². The highest BCUT2D eigenvalue weighted by Gasteiger charge is 2.08. The molecule has 0 spiro atoms. The molecule has 0 saturated heterocycles. The molecule has 0 aromatic heterocycles. The maximum absolute atomic E-state index is 9.94. The van der Waals surface area contributed by atoms with E-state index in [4.69, 9.17) is 0 Å². The van der Waals surface area contributed by atoms with E-state index in [9.17, 15) is 5.11 Å². The summed E-state index contributed by atoms with van der Waals surface area (Å²) in [5, 5.41) is 9.94. The van der Waals surface area contributed by atoms with Crippen molar-refractivity contribution >= 4 is 23.5 Å². The number of benzene rings is 1. The van der Waals surface area contributed by atoms with Crippen LogP contribution in [0.15, 0.2) is 21.9 Å². The van der Waals surface area contributed by atoms with Crippen molar-refractivity contribution in [2.75, 3.05) is 12.5 Å². The van der Waals surface area contributed by atoms with E-state index < -0.39 is 0 Å². The normalized spacial score (nSPS) is 10.7. The summed E-state index contributed by atoms with van der Waals surface area (Å²) >= 11 is 3.23. The van der Waals surface area contributed by atoms with Crippen molar-refractivity contribution < 1.29 is 5.11 Å². The zero-order chi connectivity index (χ0) is 12.0. The van der Waals surface area contributed by atoms with Crippen molar-refractivity contribution in [3.63, 3.8) is 0 Å². The van der Waals surface area contributed by atoms with Crippen molar-refractivity contribution in [3.8, 4) is 5.75 Å². The number of hydrogen-bond donors (Lipinski definition) is 1. The topological polar surface area (TPSA) is 20.2 Å². The van der Waals surface area contributed by atoms with Gasteiger partial charge in [-0.1, -0.05) is 19.8 Å². The standard InChI is InChI=1S/C13H20OS2/c1-4-5-6-7-10-8-11(15-2)13(14)12(9-10)16-3/h8-9,14H,4-7H2,1-3H3. The van der Waals surface area contributed by atoms with Crippen molar-refractivity contribution in [2.24, 2.45) is 0 Å². The molecule has 1 rings (SSSR count). The summed E-state index contributed by atoms with van der Waals surface area (Å²) in [6, 6.07) is 4.24. The fraction of sp³-hybridized carbons (Fsp3) is 0.538. The molecule has 0 aliphatic rings. The van der Waals surface area contributed by atoms with Gasteiger partial charge in [0.2, 0.25) is 0 Å². The first-order valence-electron chi connectivity index (χ1n) is 5.66. The Hall–Kier alpha value is -0.280. The Morgan fingerprint density at radius 3 is 2.06 bits per heavy atom. The van der Waals surface area contributed by atoms with Gasteiger partial charge in [0.15, 0.2) is 0 Å². The summed E-state index contributed by atoms with van der Waals surface area (Å²) in [6.45, 7) is 2.22. The van der Waals surface area contributed by atoms with Gasteiger partial charge < -0.3 is 5.11 Å². The van der Waals surface area contributed by atoms with Gasteiger partial charge >= 0.3 is 0 Å². The van der Waals surface area contributed by atoms with Gasteiger partial charge in [-0.25, -0.2) is 0 Å². The molecule has 1 aromatic carbocycles. The van der Waals surface area contributed by atoms with Crippen LogP contribution in [0.3, 0.4) is 0 Å². The maximum Gasteiger partial charge on any atom is 0.142 e. The van der Waals surface area contributed by atoms with Crippen molar-refractivity contribution in [1.29, 1.82) is 0 Å². The highest BCUT2D eigenvalue weighted by atomic mass is 32.2. The largest absolute Gasteiger partial charge is 0.506 e. The van der Waals surface area contributed by atoms with E-state index in [0.29, 0.717) is 5.75 Å². The molecule has 0 radical (unpaired) electrons. The van der Waals surface area contributed by atoms with Crippen molar-refractivity contribution in [1.82, 2.24) is 0 Å². The van der Waals surface area contributed by atoms with Crippen LogP contribution in [0.25, 0.3) is 0 Å². The van der Waals surface area contributed by atoms with Crippen LogP contribution in [0, 0.1) is 0 Å².